The number of aromatic nitrogens is 1. The SMILES string of the molecule is C#CCC(O)c1ccc2ccccc2n1. The average molecular weight is 197 g/mol. The van der Waals surface area contributed by atoms with Gasteiger partial charge in [0.2, 0.25) is 0 Å². The summed E-state index contributed by atoms with van der Waals surface area (Å²) in [5.41, 5.74) is 1.51. The first-order valence-electron chi connectivity index (χ1n) is 4.78. The number of aliphatic hydroxyl groups is 1. The van der Waals surface area contributed by atoms with E-state index in [-0.39, 0.29) is 0 Å². The summed E-state index contributed by atoms with van der Waals surface area (Å²) in [6, 6.07) is 11.5. The van der Waals surface area contributed by atoms with E-state index in [1.165, 1.54) is 0 Å². The Morgan fingerprint density at radius 3 is 2.87 bits per heavy atom. The second-order valence-corrected chi connectivity index (χ2v) is 3.35. The molecule has 0 radical (unpaired) electrons. The van der Waals surface area contributed by atoms with E-state index in [1.807, 2.05) is 36.4 Å². The van der Waals surface area contributed by atoms with E-state index < -0.39 is 6.10 Å². The molecule has 0 aliphatic carbocycles. The number of nitrogens with zero attached hydrogens (tertiary/aromatic N) is 1. The fourth-order valence-corrected chi connectivity index (χ4v) is 1.48. The molecule has 0 bridgehead atoms. The van der Waals surface area contributed by atoms with Gasteiger partial charge in [-0.05, 0) is 12.1 Å². The summed E-state index contributed by atoms with van der Waals surface area (Å²) in [6.45, 7) is 0. The van der Waals surface area contributed by atoms with Gasteiger partial charge >= 0.3 is 0 Å². The maximum absolute atomic E-state index is 9.67. The van der Waals surface area contributed by atoms with Crippen molar-refractivity contribution < 1.29 is 5.11 Å². The maximum atomic E-state index is 9.67. The number of terminal acetylenes is 1. The molecule has 1 N–H and O–H groups in total. The van der Waals surface area contributed by atoms with Gasteiger partial charge in [-0.1, -0.05) is 24.3 Å². The molecule has 0 spiro atoms. The Morgan fingerprint density at radius 1 is 1.27 bits per heavy atom. The Kier molecular flexibility index (Phi) is 2.66. The highest BCUT2D eigenvalue weighted by Gasteiger charge is 2.07. The number of hydrogen-bond acceptors (Lipinski definition) is 2. The third-order valence-corrected chi connectivity index (χ3v) is 2.27. The van der Waals surface area contributed by atoms with E-state index in [9.17, 15) is 5.11 Å². The molecule has 2 rings (SSSR count). The van der Waals surface area contributed by atoms with Crippen LogP contribution in [-0.2, 0) is 0 Å². The molecule has 15 heavy (non-hydrogen) atoms. The number of aliphatic hydroxyl groups excluding tert-OH is 1. The lowest BCUT2D eigenvalue weighted by atomic mass is 10.1. The zero-order valence-corrected chi connectivity index (χ0v) is 8.22. The van der Waals surface area contributed by atoms with Crippen LogP contribution in [0.3, 0.4) is 0 Å². The zero-order valence-electron chi connectivity index (χ0n) is 8.22. The van der Waals surface area contributed by atoms with Gasteiger partial charge in [-0.3, -0.25) is 4.98 Å². The van der Waals surface area contributed by atoms with Crippen LogP contribution in [0, 0.1) is 12.3 Å². The van der Waals surface area contributed by atoms with Gasteiger partial charge in [-0.25, -0.2) is 0 Å². The third kappa shape index (κ3) is 1.98. The molecule has 1 heterocycles. The van der Waals surface area contributed by atoms with Crippen molar-refractivity contribution in [2.75, 3.05) is 0 Å². The van der Waals surface area contributed by atoms with Crippen molar-refractivity contribution in [3.63, 3.8) is 0 Å². The Balaban J connectivity index is 2.43. The lowest BCUT2D eigenvalue weighted by molar-refractivity contribution is 0.179. The van der Waals surface area contributed by atoms with E-state index >= 15 is 0 Å². The number of para-hydroxylation sites is 1. The Morgan fingerprint density at radius 2 is 2.07 bits per heavy atom. The monoisotopic (exact) mass is 197 g/mol. The summed E-state index contributed by atoms with van der Waals surface area (Å²) in [5, 5.41) is 10.7. The minimum absolute atomic E-state index is 0.297. The average Bonchev–Trinajstić information content (AvgIpc) is 2.29. The first-order chi connectivity index (χ1) is 7.31. The van der Waals surface area contributed by atoms with Gasteiger partial charge in [0.05, 0.1) is 11.2 Å². The Hall–Kier alpha value is -1.85. The minimum atomic E-state index is -0.667. The van der Waals surface area contributed by atoms with Gasteiger partial charge in [0.15, 0.2) is 0 Å². The van der Waals surface area contributed by atoms with Crippen molar-refractivity contribution in [3.8, 4) is 12.3 Å². The predicted octanol–water partition coefficient (Wildman–Crippen LogP) is 2.29. The van der Waals surface area contributed by atoms with Gasteiger partial charge in [0.25, 0.3) is 0 Å². The van der Waals surface area contributed by atoms with E-state index in [4.69, 9.17) is 6.42 Å². The Bertz CT molecular complexity index is 513. The maximum Gasteiger partial charge on any atom is 0.107 e. The van der Waals surface area contributed by atoms with Crippen molar-refractivity contribution in [2.45, 2.75) is 12.5 Å². The second kappa shape index (κ2) is 4.12. The van der Waals surface area contributed by atoms with Crippen LogP contribution in [0.4, 0.5) is 0 Å². The number of fused-ring (bicyclic) bond motifs is 1. The fraction of sp³-hybridized carbons (Fsp3) is 0.154. The van der Waals surface area contributed by atoms with E-state index in [2.05, 4.69) is 10.9 Å². The quantitative estimate of drug-likeness (QED) is 0.749. The topological polar surface area (TPSA) is 33.1 Å². The van der Waals surface area contributed by atoms with Gasteiger partial charge in [0.1, 0.15) is 6.10 Å². The minimum Gasteiger partial charge on any atom is -0.386 e. The molecule has 0 saturated carbocycles. The summed E-state index contributed by atoms with van der Waals surface area (Å²) in [4.78, 5) is 4.35. The first-order valence-corrected chi connectivity index (χ1v) is 4.78. The highest BCUT2D eigenvalue weighted by Crippen LogP contribution is 2.18. The molecule has 0 amide bonds. The van der Waals surface area contributed by atoms with Crippen LogP contribution in [0.1, 0.15) is 18.2 Å². The van der Waals surface area contributed by atoms with Crippen LogP contribution < -0.4 is 0 Å². The molecule has 1 aromatic carbocycles. The van der Waals surface area contributed by atoms with Crippen LogP contribution in [0.15, 0.2) is 36.4 Å². The van der Waals surface area contributed by atoms with Gasteiger partial charge in [-0.2, -0.15) is 0 Å². The van der Waals surface area contributed by atoms with Crippen molar-refractivity contribution in [2.24, 2.45) is 0 Å². The number of benzene rings is 1. The Labute approximate surface area is 88.6 Å². The van der Waals surface area contributed by atoms with Gasteiger partial charge in [-0.15, -0.1) is 12.3 Å². The molecule has 1 aromatic heterocycles. The largest absolute Gasteiger partial charge is 0.386 e. The smallest absolute Gasteiger partial charge is 0.107 e. The fourth-order valence-electron chi connectivity index (χ4n) is 1.48. The molecule has 0 fully saturated rings. The molecule has 2 nitrogen and oxygen atoms in total. The molecule has 0 aliphatic heterocycles. The molecule has 74 valence electrons. The van der Waals surface area contributed by atoms with Crippen LogP contribution in [0.2, 0.25) is 0 Å². The molecule has 1 unspecified atom stereocenters. The van der Waals surface area contributed by atoms with Gasteiger partial charge < -0.3 is 5.11 Å². The molecule has 0 saturated heterocycles. The molecule has 0 aliphatic rings. The van der Waals surface area contributed by atoms with Crippen LogP contribution in [-0.4, -0.2) is 10.1 Å². The summed E-state index contributed by atoms with van der Waals surface area (Å²) >= 11 is 0. The van der Waals surface area contributed by atoms with E-state index in [0.29, 0.717) is 12.1 Å². The van der Waals surface area contributed by atoms with Crippen LogP contribution in [0.25, 0.3) is 10.9 Å². The molecule has 2 aromatic rings. The van der Waals surface area contributed by atoms with Gasteiger partial charge in [0, 0.05) is 11.8 Å². The molecular formula is C13H11NO. The summed E-state index contributed by atoms with van der Waals surface area (Å²) in [7, 11) is 0. The van der Waals surface area contributed by atoms with Crippen LogP contribution in [0.5, 0.6) is 0 Å². The lowest BCUT2D eigenvalue weighted by Gasteiger charge is -2.07. The first kappa shape index (κ1) is 9.70. The molecule has 1 atom stereocenters. The summed E-state index contributed by atoms with van der Waals surface area (Å²) in [6.07, 6.45) is 4.77. The number of pyridine rings is 1. The van der Waals surface area contributed by atoms with Crippen molar-refractivity contribution in [1.29, 1.82) is 0 Å². The third-order valence-electron chi connectivity index (χ3n) is 2.27. The molecular weight excluding hydrogens is 186 g/mol. The molecule has 2 heteroatoms. The van der Waals surface area contributed by atoms with Crippen LogP contribution >= 0.6 is 0 Å². The highest BCUT2D eigenvalue weighted by molar-refractivity contribution is 5.78. The second-order valence-electron chi connectivity index (χ2n) is 3.35. The van der Waals surface area contributed by atoms with E-state index in [1.54, 1.807) is 0 Å². The summed E-state index contributed by atoms with van der Waals surface area (Å²) in [5.74, 6) is 2.42. The number of rotatable bonds is 2. The number of hydrogen-bond donors (Lipinski definition) is 1. The lowest BCUT2D eigenvalue weighted by Crippen LogP contribution is -1.99. The predicted molar refractivity (Wildman–Crippen MR) is 60.2 cm³/mol. The van der Waals surface area contributed by atoms with Crippen molar-refractivity contribution in [1.82, 2.24) is 4.98 Å². The highest BCUT2D eigenvalue weighted by atomic mass is 16.3. The zero-order chi connectivity index (χ0) is 10.7. The standard InChI is InChI=1S/C13H11NO/c1-2-5-13(15)12-9-8-10-6-3-4-7-11(10)14-12/h1,3-4,6-9,13,15H,5H2. The van der Waals surface area contributed by atoms with Crippen molar-refractivity contribution >= 4 is 10.9 Å². The summed E-state index contributed by atoms with van der Waals surface area (Å²) < 4.78 is 0. The van der Waals surface area contributed by atoms with Crippen molar-refractivity contribution in [3.05, 3.63) is 42.1 Å². The normalized spacial score (nSPS) is 12.3. The van der Waals surface area contributed by atoms with E-state index in [0.717, 1.165) is 10.9 Å².